The van der Waals surface area contributed by atoms with Crippen LogP contribution in [0.5, 0.6) is 0 Å². The maximum absolute atomic E-state index is 11.6. The Morgan fingerprint density at radius 3 is 1.60 bits per heavy atom. The molecule has 6 amide bonds. The molecule has 1 rings (SSSR count). The quantitative estimate of drug-likeness (QED) is 0.272. The SMILES string of the molecule is NC(=O)NOC[C@@H]1NC(=O)[C@@H](CONC(N)=O)NC1=O. The number of piperazine rings is 1. The van der Waals surface area contributed by atoms with E-state index in [1.807, 2.05) is 11.0 Å². The summed E-state index contributed by atoms with van der Waals surface area (Å²) in [5.41, 5.74) is 13.1. The van der Waals surface area contributed by atoms with E-state index in [2.05, 4.69) is 20.3 Å². The standard InChI is InChI=1S/C8H14N6O6/c9-7(17)13-19-1-3-5(15)12-4(6(16)11-3)2-20-14-8(10)18/h3-4H,1-2H2,(H,11,16)(H,12,15)(H3,9,13,17)(H3,10,14,18)/t3-,4+. The highest BCUT2D eigenvalue weighted by atomic mass is 16.7. The van der Waals surface area contributed by atoms with Crippen molar-refractivity contribution >= 4 is 23.9 Å². The highest BCUT2D eigenvalue weighted by Crippen LogP contribution is 1.98. The maximum atomic E-state index is 11.6. The van der Waals surface area contributed by atoms with Gasteiger partial charge in [-0.05, 0) is 0 Å². The molecule has 0 aromatic carbocycles. The molecule has 0 saturated carbocycles. The molecule has 12 heteroatoms. The average molecular weight is 290 g/mol. The zero-order valence-electron chi connectivity index (χ0n) is 10.2. The van der Waals surface area contributed by atoms with Gasteiger partial charge in [0.1, 0.15) is 25.3 Å². The lowest BCUT2D eigenvalue weighted by Gasteiger charge is -2.28. The van der Waals surface area contributed by atoms with Crippen molar-refractivity contribution in [3.05, 3.63) is 0 Å². The van der Waals surface area contributed by atoms with E-state index >= 15 is 0 Å². The van der Waals surface area contributed by atoms with Crippen LogP contribution in [0.4, 0.5) is 9.59 Å². The topological polar surface area (TPSA) is 187 Å². The van der Waals surface area contributed by atoms with E-state index in [4.69, 9.17) is 11.5 Å². The summed E-state index contributed by atoms with van der Waals surface area (Å²) in [7, 11) is 0. The zero-order chi connectivity index (χ0) is 15.1. The summed E-state index contributed by atoms with van der Waals surface area (Å²) >= 11 is 0. The lowest BCUT2D eigenvalue weighted by Crippen LogP contribution is -2.64. The Morgan fingerprint density at radius 1 is 0.950 bits per heavy atom. The smallest absolute Gasteiger partial charge is 0.336 e. The Balaban J connectivity index is 2.37. The van der Waals surface area contributed by atoms with Crippen molar-refractivity contribution in [3.8, 4) is 0 Å². The Bertz CT molecular complexity index is 376. The molecule has 2 atom stereocenters. The Labute approximate surface area is 112 Å². The van der Waals surface area contributed by atoms with Gasteiger partial charge in [0, 0.05) is 0 Å². The second-order valence-electron chi connectivity index (χ2n) is 3.68. The van der Waals surface area contributed by atoms with Crippen molar-refractivity contribution < 1.29 is 28.9 Å². The van der Waals surface area contributed by atoms with E-state index in [9.17, 15) is 19.2 Å². The molecule has 1 aliphatic heterocycles. The zero-order valence-corrected chi connectivity index (χ0v) is 10.2. The van der Waals surface area contributed by atoms with Crippen molar-refractivity contribution in [3.63, 3.8) is 0 Å². The summed E-state index contributed by atoms with van der Waals surface area (Å²) < 4.78 is 0. The number of nitrogens with one attached hydrogen (secondary N) is 4. The number of hydrogen-bond acceptors (Lipinski definition) is 6. The number of hydroxylamine groups is 2. The number of amides is 6. The summed E-state index contributed by atoms with van der Waals surface area (Å²) in [6.07, 6.45) is 0. The minimum Gasteiger partial charge on any atom is -0.350 e. The van der Waals surface area contributed by atoms with Gasteiger partial charge >= 0.3 is 12.1 Å². The normalized spacial score (nSPS) is 21.6. The van der Waals surface area contributed by atoms with Crippen LogP contribution in [-0.2, 0) is 19.3 Å². The summed E-state index contributed by atoms with van der Waals surface area (Å²) in [6, 6.07) is -3.85. The van der Waals surface area contributed by atoms with Crippen LogP contribution >= 0.6 is 0 Å². The maximum Gasteiger partial charge on any atom is 0.336 e. The van der Waals surface area contributed by atoms with Crippen molar-refractivity contribution in [2.45, 2.75) is 12.1 Å². The molecule has 0 aromatic rings. The van der Waals surface area contributed by atoms with Crippen LogP contribution in [0.25, 0.3) is 0 Å². The lowest BCUT2D eigenvalue weighted by atomic mass is 10.1. The number of carbonyl (C=O) groups is 4. The first-order chi connectivity index (χ1) is 9.40. The predicted molar refractivity (Wildman–Crippen MR) is 61.2 cm³/mol. The molecule has 20 heavy (non-hydrogen) atoms. The Morgan fingerprint density at radius 2 is 1.30 bits per heavy atom. The average Bonchev–Trinajstić information content (AvgIpc) is 2.33. The second-order valence-corrected chi connectivity index (χ2v) is 3.68. The molecule has 112 valence electrons. The van der Waals surface area contributed by atoms with Gasteiger partial charge in [0.05, 0.1) is 0 Å². The van der Waals surface area contributed by atoms with Gasteiger partial charge in [-0.25, -0.2) is 20.5 Å². The molecular weight excluding hydrogens is 276 g/mol. The van der Waals surface area contributed by atoms with Crippen molar-refractivity contribution in [1.82, 2.24) is 21.6 Å². The number of urea groups is 2. The van der Waals surface area contributed by atoms with E-state index in [1.54, 1.807) is 0 Å². The third-order valence-electron chi connectivity index (χ3n) is 2.11. The number of rotatable bonds is 6. The van der Waals surface area contributed by atoms with Crippen LogP contribution in [-0.4, -0.2) is 49.2 Å². The van der Waals surface area contributed by atoms with Crippen molar-refractivity contribution in [1.29, 1.82) is 0 Å². The molecule has 8 N–H and O–H groups in total. The van der Waals surface area contributed by atoms with Crippen LogP contribution in [0.15, 0.2) is 0 Å². The molecule has 1 fully saturated rings. The van der Waals surface area contributed by atoms with Gasteiger partial charge in [0.15, 0.2) is 0 Å². The molecular formula is C8H14N6O6. The van der Waals surface area contributed by atoms with Crippen LogP contribution < -0.4 is 33.1 Å². The third kappa shape index (κ3) is 4.95. The summed E-state index contributed by atoms with van der Waals surface area (Å²) in [6.45, 7) is -0.596. The molecule has 12 nitrogen and oxygen atoms in total. The molecule has 0 aliphatic carbocycles. The van der Waals surface area contributed by atoms with Gasteiger partial charge in [0.2, 0.25) is 11.8 Å². The van der Waals surface area contributed by atoms with Gasteiger partial charge in [-0.15, -0.1) is 0 Å². The first-order valence-electron chi connectivity index (χ1n) is 5.35. The van der Waals surface area contributed by atoms with Gasteiger partial charge < -0.3 is 22.1 Å². The molecule has 0 bridgehead atoms. The Kier molecular flexibility index (Phi) is 5.49. The molecule has 1 heterocycles. The minimum atomic E-state index is -0.991. The summed E-state index contributed by atoms with van der Waals surface area (Å²) in [5, 5.41) is 4.67. The Hall–Kier alpha value is -2.60. The van der Waals surface area contributed by atoms with E-state index in [0.29, 0.717) is 0 Å². The number of nitrogens with two attached hydrogens (primary N) is 2. The largest absolute Gasteiger partial charge is 0.350 e. The van der Waals surface area contributed by atoms with Crippen LogP contribution in [0, 0.1) is 0 Å². The highest BCUT2D eigenvalue weighted by Gasteiger charge is 2.34. The summed E-state index contributed by atoms with van der Waals surface area (Å²) in [5.74, 6) is -1.10. The molecule has 0 spiro atoms. The van der Waals surface area contributed by atoms with E-state index in [-0.39, 0.29) is 13.2 Å². The van der Waals surface area contributed by atoms with Gasteiger partial charge in [-0.2, -0.15) is 0 Å². The highest BCUT2D eigenvalue weighted by molar-refractivity contribution is 5.97. The molecule has 1 aliphatic rings. The van der Waals surface area contributed by atoms with Crippen LogP contribution in [0.1, 0.15) is 0 Å². The van der Waals surface area contributed by atoms with E-state index in [0.717, 1.165) is 0 Å². The molecule has 1 saturated heterocycles. The monoisotopic (exact) mass is 290 g/mol. The first-order valence-corrected chi connectivity index (χ1v) is 5.35. The number of primary amides is 2. The minimum absolute atomic E-state index is 0.298. The van der Waals surface area contributed by atoms with Crippen LogP contribution in [0.3, 0.4) is 0 Å². The number of hydrogen-bond donors (Lipinski definition) is 6. The first kappa shape index (κ1) is 15.5. The summed E-state index contributed by atoms with van der Waals surface area (Å²) in [4.78, 5) is 53.1. The van der Waals surface area contributed by atoms with E-state index < -0.39 is 36.0 Å². The fraction of sp³-hybridized carbons (Fsp3) is 0.500. The molecule has 0 radical (unpaired) electrons. The van der Waals surface area contributed by atoms with Gasteiger partial charge in [0.25, 0.3) is 0 Å². The second kappa shape index (κ2) is 7.10. The predicted octanol–water partition coefficient (Wildman–Crippen LogP) is -3.83. The van der Waals surface area contributed by atoms with Crippen LogP contribution in [0.2, 0.25) is 0 Å². The lowest BCUT2D eigenvalue weighted by molar-refractivity contribution is -0.141. The van der Waals surface area contributed by atoms with Crippen molar-refractivity contribution in [2.24, 2.45) is 11.5 Å². The van der Waals surface area contributed by atoms with Gasteiger partial charge in [-0.1, -0.05) is 0 Å². The third-order valence-corrected chi connectivity index (χ3v) is 2.11. The number of carbonyl (C=O) groups excluding carboxylic acids is 4. The van der Waals surface area contributed by atoms with Gasteiger partial charge in [-0.3, -0.25) is 19.3 Å². The fourth-order valence-electron chi connectivity index (χ4n) is 1.30. The molecule has 0 aromatic heterocycles. The molecule has 0 unspecified atom stereocenters. The fourth-order valence-corrected chi connectivity index (χ4v) is 1.30. The van der Waals surface area contributed by atoms with E-state index in [1.165, 1.54) is 0 Å². The van der Waals surface area contributed by atoms with Crippen molar-refractivity contribution in [2.75, 3.05) is 13.2 Å².